The SMILES string of the molecule is CCCCC(=O)N[C@@H](C[C@H](O)[C@H](CC1CCCCC1)NC(=O)C(NC(=O)C(Cc1ccccc1)NC(=O)C(C)C)C1CCCC1)C(C)C. The van der Waals surface area contributed by atoms with Crippen molar-refractivity contribution in [3.8, 4) is 0 Å². The van der Waals surface area contributed by atoms with Crippen molar-refractivity contribution in [1.82, 2.24) is 21.3 Å². The number of hydrogen-bond acceptors (Lipinski definition) is 5. The van der Waals surface area contributed by atoms with Crippen LogP contribution in [0.2, 0.25) is 0 Å². The molecule has 1 aromatic rings. The monoisotopic (exact) mass is 668 g/mol. The van der Waals surface area contributed by atoms with Crippen molar-refractivity contribution in [3.05, 3.63) is 35.9 Å². The first kappa shape index (κ1) is 39.5. The van der Waals surface area contributed by atoms with Gasteiger partial charge in [-0.05, 0) is 55.4 Å². The highest BCUT2D eigenvalue weighted by molar-refractivity contribution is 5.92. The fourth-order valence-corrected chi connectivity index (χ4v) is 7.24. The molecule has 0 heterocycles. The number of benzene rings is 1. The Balaban J connectivity index is 1.81. The highest BCUT2D eigenvalue weighted by Gasteiger charge is 2.37. The van der Waals surface area contributed by atoms with Crippen LogP contribution in [0.4, 0.5) is 0 Å². The van der Waals surface area contributed by atoms with Crippen LogP contribution in [0.15, 0.2) is 30.3 Å². The molecule has 9 heteroatoms. The van der Waals surface area contributed by atoms with Crippen molar-refractivity contribution in [2.45, 2.75) is 161 Å². The molecule has 1 aromatic carbocycles. The van der Waals surface area contributed by atoms with E-state index in [0.29, 0.717) is 31.6 Å². The van der Waals surface area contributed by atoms with Gasteiger partial charge in [0, 0.05) is 24.8 Å². The van der Waals surface area contributed by atoms with Crippen LogP contribution in [0.1, 0.15) is 130 Å². The van der Waals surface area contributed by atoms with Gasteiger partial charge in [0.2, 0.25) is 23.6 Å². The molecule has 0 radical (unpaired) electrons. The second-order valence-electron chi connectivity index (χ2n) is 15.1. The van der Waals surface area contributed by atoms with E-state index >= 15 is 0 Å². The summed E-state index contributed by atoms with van der Waals surface area (Å²) in [6.45, 7) is 9.73. The number of rotatable bonds is 19. The van der Waals surface area contributed by atoms with Gasteiger partial charge in [-0.3, -0.25) is 19.2 Å². The van der Waals surface area contributed by atoms with Gasteiger partial charge in [0.25, 0.3) is 0 Å². The standard InChI is InChI=1S/C39H64N4O5/c1-6-7-22-35(45)40-31(26(2)3)25-34(44)32(23-28-16-10-8-11-17-28)41-39(48)36(30-20-14-15-21-30)43-38(47)33(42-37(46)27(4)5)24-29-18-12-9-13-19-29/h9,12-13,18-19,26-28,30-34,36,44H,6-8,10-11,14-17,20-25H2,1-5H3,(H,40,45)(H,41,48)(H,42,46)(H,43,47)/t31-,32-,33?,34-,36?/m0/s1. The van der Waals surface area contributed by atoms with Gasteiger partial charge in [-0.15, -0.1) is 0 Å². The average molecular weight is 669 g/mol. The Morgan fingerprint density at radius 2 is 1.42 bits per heavy atom. The second kappa shape index (κ2) is 20.5. The van der Waals surface area contributed by atoms with E-state index in [4.69, 9.17) is 0 Å². The molecular weight excluding hydrogens is 604 g/mol. The van der Waals surface area contributed by atoms with E-state index in [2.05, 4.69) is 28.2 Å². The van der Waals surface area contributed by atoms with Crippen molar-refractivity contribution >= 4 is 23.6 Å². The van der Waals surface area contributed by atoms with Crippen LogP contribution in [0, 0.1) is 23.7 Å². The summed E-state index contributed by atoms with van der Waals surface area (Å²) in [6.07, 6.45) is 12.0. The van der Waals surface area contributed by atoms with E-state index in [9.17, 15) is 24.3 Å². The number of aliphatic hydroxyl groups excluding tert-OH is 1. The Morgan fingerprint density at radius 3 is 2.02 bits per heavy atom. The van der Waals surface area contributed by atoms with E-state index in [-0.39, 0.29) is 47.4 Å². The van der Waals surface area contributed by atoms with Crippen molar-refractivity contribution in [2.75, 3.05) is 0 Å². The summed E-state index contributed by atoms with van der Waals surface area (Å²) >= 11 is 0. The van der Waals surface area contributed by atoms with Gasteiger partial charge in [0.15, 0.2) is 0 Å². The first-order valence-corrected chi connectivity index (χ1v) is 18.9. The topological polar surface area (TPSA) is 137 Å². The molecule has 2 aliphatic carbocycles. The summed E-state index contributed by atoms with van der Waals surface area (Å²) < 4.78 is 0. The fourth-order valence-electron chi connectivity index (χ4n) is 7.24. The van der Waals surface area contributed by atoms with Crippen LogP contribution in [0.3, 0.4) is 0 Å². The number of aliphatic hydroxyl groups is 1. The molecule has 0 aliphatic heterocycles. The van der Waals surface area contributed by atoms with E-state index < -0.39 is 24.2 Å². The maximum atomic E-state index is 14.3. The lowest BCUT2D eigenvalue weighted by Gasteiger charge is -2.35. The third-order valence-electron chi connectivity index (χ3n) is 10.4. The number of hydrogen-bond donors (Lipinski definition) is 5. The van der Waals surface area contributed by atoms with Gasteiger partial charge in [-0.1, -0.05) is 116 Å². The van der Waals surface area contributed by atoms with E-state index in [1.165, 1.54) is 6.42 Å². The fraction of sp³-hybridized carbons (Fsp3) is 0.744. The maximum Gasteiger partial charge on any atom is 0.243 e. The predicted octanol–water partition coefficient (Wildman–Crippen LogP) is 5.58. The molecule has 270 valence electrons. The van der Waals surface area contributed by atoms with Gasteiger partial charge >= 0.3 is 0 Å². The van der Waals surface area contributed by atoms with Gasteiger partial charge < -0.3 is 26.4 Å². The maximum absolute atomic E-state index is 14.3. The van der Waals surface area contributed by atoms with Crippen LogP contribution < -0.4 is 21.3 Å². The Hall–Kier alpha value is -2.94. The summed E-state index contributed by atoms with van der Waals surface area (Å²) in [5, 5.41) is 24.1. The van der Waals surface area contributed by atoms with Crippen molar-refractivity contribution in [3.63, 3.8) is 0 Å². The van der Waals surface area contributed by atoms with Crippen molar-refractivity contribution in [2.24, 2.45) is 23.7 Å². The third-order valence-corrected chi connectivity index (χ3v) is 10.4. The zero-order chi connectivity index (χ0) is 35.1. The Bertz CT molecular complexity index is 1130. The molecule has 5 atom stereocenters. The molecule has 0 saturated heterocycles. The van der Waals surface area contributed by atoms with E-state index in [1.54, 1.807) is 13.8 Å². The third kappa shape index (κ3) is 13.2. The number of carbonyl (C=O) groups excluding carboxylic acids is 4. The minimum atomic E-state index is -0.856. The van der Waals surface area contributed by atoms with E-state index in [0.717, 1.165) is 69.8 Å². The smallest absolute Gasteiger partial charge is 0.243 e. The molecule has 9 nitrogen and oxygen atoms in total. The van der Waals surface area contributed by atoms with E-state index in [1.807, 2.05) is 44.2 Å². The average Bonchev–Trinajstić information content (AvgIpc) is 3.60. The molecule has 0 aromatic heterocycles. The molecule has 2 fully saturated rings. The molecule has 2 unspecified atom stereocenters. The molecule has 4 amide bonds. The Kier molecular flexibility index (Phi) is 16.9. The molecule has 2 saturated carbocycles. The van der Waals surface area contributed by atoms with Crippen molar-refractivity contribution in [1.29, 1.82) is 0 Å². The van der Waals surface area contributed by atoms with Crippen LogP contribution in [0.25, 0.3) is 0 Å². The molecule has 5 N–H and O–H groups in total. The summed E-state index contributed by atoms with van der Waals surface area (Å²) in [4.78, 5) is 53.6. The summed E-state index contributed by atoms with van der Waals surface area (Å²) in [5.41, 5.74) is 0.917. The molecule has 3 rings (SSSR count). The molecule has 48 heavy (non-hydrogen) atoms. The highest BCUT2D eigenvalue weighted by Crippen LogP contribution is 2.31. The Morgan fingerprint density at radius 1 is 0.771 bits per heavy atom. The summed E-state index contributed by atoms with van der Waals surface area (Å²) in [7, 11) is 0. The predicted molar refractivity (Wildman–Crippen MR) is 191 cm³/mol. The minimum Gasteiger partial charge on any atom is -0.391 e. The quantitative estimate of drug-likeness (QED) is 0.131. The van der Waals surface area contributed by atoms with Crippen LogP contribution in [0.5, 0.6) is 0 Å². The first-order valence-electron chi connectivity index (χ1n) is 18.9. The Labute approximate surface area is 289 Å². The zero-order valence-electron chi connectivity index (χ0n) is 30.3. The van der Waals surface area contributed by atoms with Gasteiger partial charge in [0.1, 0.15) is 12.1 Å². The normalized spacial score (nSPS) is 18.9. The van der Waals surface area contributed by atoms with Gasteiger partial charge in [-0.2, -0.15) is 0 Å². The minimum absolute atomic E-state index is 0.00533. The largest absolute Gasteiger partial charge is 0.391 e. The lowest BCUT2D eigenvalue weighted by atomic mass is 9.82. The number of amides is 4. The number of unbranched alkanes of at least 4 members (excludes halogenated alkanes) is 1. The molecule has 0 spiro atoms. The molecular formula is C39H64N4O5. The van der Waals surface area contributed by atoms with Gasteiger partial charge in [-0.25, -0.2) is 0 Å². The zero-order valence-corrected chi connectivity index (χ0v) is 30.3. The summed E-state index contributed by atoms with van der Waals surface area (Å²) in [5.74, 6) is -0.685. The second-order valence-corrected chi connectivity index (χ2v) is 15.1. The van der Waals surface area contributed by atoms with Crippen LogP contribution in [-0.4, -0.2) is 59.0 Å². The number of nitrogens with one attached hydrogen (secondary N) is 4. The molecule has 2 aliphatic rings. The lowest BCUT2D eigenvalue weighted by molar-refractivity contribution is -0.134. The molecule has 0 bridgehead atoms. The summed E-state index contributed by atoms with van der Waals surface area (Å²) in [6, 6.07) is 7.25. The first-order chi connectivity index (χ1) is 23.0. The van der Waals surface area contributed by atoms with Crippen LogP contribution >= 0.6 is 0 Å². The lowest BCUT2D eigenvalue weighted by Crippen LogP contribution is -2.59. The van der Waals surface area contributed by atoms with Crippen LogP contribution in [-0.2, 0) is 25.6 Å². The highest BCUT2D eigenvalue weighted by atomic mass is 16.3. The number of carbonyl (C=O) groups is 4. The van der Waals surface area contributed by atoms with Crippen molar-refractivity contribution < 1.29 is 24.3 Å². The van der Waals surface area contributed by atoms with Gasteiger partial charge in [0.05, 0.1) is 12.1 Å².